The number of benzene rings is 3. The van der Waals surface area contributed by atoms with Crippen molar-refractivity contribution < 1.29 is 38.1 Å². The number of hydrogen-bond donors (Lipinski definition) is 1. The Balaban J connectivity index is 0.000000221. The van der Waals surface area contributed by atoms with Gasteiger partial charge in [-0.3, -0.25) is 19.4 Å². The van der Waals surface area contributed by atoms with Gasteiger partial charge in [0.2, 0.25) is 11.1 Å². The second-order valence-electron chi connectivity index (χ2n) is 25.5. The van der Waals surface area contributed by atoms with Crippen LogP contribution in [0.3, 0.4) is 0 Å². The fourth-order valence-corrected chi connectivity index (χ4v) is 14.5. The Morgan fingerprint density at radius 1 is 0.625 bits per heavy atom. The summed E-state index contributed by atoms with van der Waals surface area (Å²) in [5, 5.41) is 2.15. The Labute approximate surface area is 654 Å². The average molecular weight is 1720 g/mol. The molecule has 23 nitrogen and oxygen atoms in total. The van der Waals surface area contributed by atoms with E-state index in [0.717, 1.165) is 169 Å². The normalized spacial score (nSPS) is 16.0. The van der Waals surface area contributed by atoms with Gasteiger partial charge in [-0.1, -0.05) is 70.3 Å². The molecule has 13 rings (SSSR count). The van der Waals surface area contributed by atoms with E-state index < -0.39 is 5.24 Å². The first kappa shape index (κ1) is 83.6. The number of H-pyrrole nitrogens is 1. The van der Waals surface area contributed by atoms with Crippen LogP contribution in [0.25, 0.3) is 21.8 Å². The summed E-state index contributed by atoms with van der Waals surface area (Å²) >= 11 is 14.2. The molecule has 6 aliphatic rings. The van der Waals surface area contributed by atoms with Crippen LogP contribution < -0.4 is 29.1 Å². The Bertz CT molecular complexity index is 3930. The minimum absolute atomic E-state index is 0. The van der Waals surface area contributed by atoms with Gasteiger partial charge < -0.3 is 48.4 Å². The number of morpholine rings is 2. The van der Waals surface area contributed by atoms with E-state index in [1.807, 2.05) is 41.4 Å². The maximum absolute atomic E-state index is 12.9. The first-order chi connectivity index (χ1) is 50.2. The summed E-state index contributed by atoms with van der Waals surface area (Å²) in [4.78, 5) is 78.1. The van der Waals surface area contributed by atoms with Crippen LogP contribution in [0.2, 0.25) is 0 Å². The second-order valence-corrected chi connectivity index (χ2v) is 27.8. The third-order valence-corrected chi connectivity index (χ3v) is 20.5. The summed E-state index contributed by atoms with van der Waals surface area (Å²) in [5.74, 6) is 1.86. The molecule has 1 N–H and O–H groups in total. The monoisotopic (exact) mass is 1720 g/mol. The number of allylic oxidation sites excluding steroid dienone is 1. The number of halogens is 3. The van der Waals surface area contributed by atoms with Crippen molar-refractivity contribution in [3.05, 3.63) is 144 Å². The topological polar surface area (TPSA) is 199 Å². The van der Waals surface area contributed by atoms with Crippen molar-refractivity contribution in [1.29, 1.82) is 0 Å². The molecule has 4 fully saturated rings. The van der Waals surface area contributed by atoms with Crippen LogP contribution in [0.1, 0.15) is 72.8 Å². The number of carbonyl (C=O) groups excluding carboxylic acids is 3. The number of nitrogens with one attached hydrogen (secondary N) is 1. The summed E-state index contributed by atoms with van der Waals surface area (Å²) in [5.41, 5.74) is 12.7. The number of alkyl halides is 2. The molecule has 10 heterocycles. The number of thiol groups is 1. The molecule has 2 amide bonds. The van der Waals surface area contributed by atoms with Gasteiger partial charge in [0.1, 0.15) is 12.4 Å². The predicted molar refractivity (Wildman–Crippen MR) is 428 cm³/mol. The van der Waals surface area contributed by atoms with Crippen molar-refractivity contribution in [2.75, 3.05) is 189 Å². The van der Waals surface area contributed by atoms with E-state index in [1.165, 1.54) is 75.6 Å². The SMILES string of the molecule is C=CC(=O)Cl.C=CC(=O)N1CCN(c2nc(OCCCN3CCOCC3)nc3c2CCN(c2c(C)ccc4[nH]ccc24)C3)CC1.CCN(CC)CC.Cc1ccc2c(ccn2[SH-]#P)c1N1CCc2c(nc(OCCCN3CCOCC3)nc2N2CCN(C(=O)OCc3ccccc3)CC2)C1.ClCCl.[TlH2]. The fourth-order valence-electron chi connectivity index (χ4n) is 13.7. The third-order valence-electron chi connectivity index (χ3n) is 19.2. The van der Waals surface area contributed by atoms with E-state index in [2.05, 4.69) is 141 Å². The number of nitrogens with zero attached hydrogens (tertiary/aromatic N) is 14. The van der Waals surface area contributed by atoms with Crippen molar-refractivity contribution >= 4 is 143 Å². The van der Waals surface area contributed by atoms with Gasteiger partial charge in [0.25, 0.3) is 0 Å². The minimum atomic E-state index is -0.509. The average Bonchev–Trinajstić information content (AvgIpc) is 1.30. The molecule has 3 aromatic carbocycles. The van der Waals surface area contributed by atoms with Crippen molar-refractivity contribution in [2.45, 2.75) is 80.0 Å². The number of fused-ring (bicyclic) bond motifs is 4. The second kappa shape index (κ2) is 43.7. The molecule has 7 aromatic rings. The summed E-state index contributed by atoms with van der Waals surface area (Å²) in [6, 6.07) is 23.7. The van der Waals surface area contributed by atoms with E-state index >= 15 is 0 Å². The summed E-state index contributed by atoms with van der Waals surface area (Å²) in [6.45, 7) is 40.0. The quantitative estimate of drug-likeness (QED) is 0.0104. The van der Waals surface area contributed by atoms with Crippen LogP contribution in [-0.2, 0) is 67.3 Å². The van der Waals surface area contributed by atoms with Crippen LogP contribution in [-0.4, -0.2) is 267 Å². The Morgan fingerprint density at radius 3 is 1.59 bits per heavy atom. The van der Waals surface area contributed by atoms with Crippen molar-refractivity contribution in [3.63, 3.8) is 0 Å². The molecular formula is C75H104Cl3N15O8PSTl-. The fraction of sp³-hybridized carbons (Fsp3) is 0.507. The molecule has 0 aliphatic carbocycles. The van der Waals surface area contributed by atoms with Crippen LogP contribution >= 0.6 is 42.6 Å². The Morgan fingerprint density at radius 2 is 1.12 bits per heavy atom. The molecule has 0 atom stereocenters. The number of hydrogen-bond acceptors (Lipinski definition) is 20. The molecule has 0 saturated carbocycles. The number of aryl methyl sites for hydroxylation is 2. The van der Waals surface area contributed by atoms with Crippen LogP contribution in [0.4, 0.5) is 27.8 Å². The van der Waals surface area contributed by atoms with Gasteiger partial charge in [-0.2, -0.15) is 9.97 Å². The molecule has 4 saturated heterocycles. The van der Waals surface area contributed by atoms with Crippen LogP contribution in [0.15, 0.2) is 104 Å². The zero-order valence-corrected chi connectivity index (χ0v) is 73.3. The molecule has 563 valence electrons. The standard InChI is InChI=1S/C35H43N7O4PS.C30H39N7O3.C6H15N.C3H3ClO.CH2Cl2.Tl.2H/c1-26-8-9-31-29(11-14-42(31)48-47)32(26)41-13-10-28-30(24-41)36-34(45-21-5-12-38-19-22-44-23-20-38)37-33(28)39-15-17-40(18-16-39)35(43)46-25-27-6-3-2-4-7-27;1-3-27(38)35-12-14-36(15-13-35)29-24-8-11-37(28-22(2)5-6-25-23(28)7-9-31-25)21-26(24)32-30(33-29)40-18-4-10-34-16-19-39-20-17-34;1-4-7(5-2)6-3;1-2-3(4)5;2-1-3;;;/h2-4,6-9,11,14,48H,5,10,12-13,15-25H2,1H3;3,5-7,9,31H,1,4,8,10-21H2,2H3;4-6H2,1-3H3;2H,1H2;1H2;;;/q-1;;;;;;;. The van der Waals surface area contributed by atoms with Gasteiger partial charge >= 0.3 is 202 Å². The van der Waals surface area contributed by atoms with E-state index in [4.69, 9.17) is 78.4 Å². The number of aromatic nitrogens is 6. The predicted octanol–water partition coefficient (Wildman–Crippen LogP) is 10.3. The zero-order valence-electron chi connectivity index (χ0n) is 61.5. The van der Waals surface area contributed by atoms with Crippen LogP contribution in [0, 0.1) is 13.8 Å². The number of piperazine rings is 2. The van der Waals surface area contributed by atoms with Gasteiger partial charge in [-0.15, -0.1) is 23.2 Å². The molecule has 29 heteroatoms. The molecule has 0 spiro atoms. The van der Waals surface area contributed by atoms with Gasteiger partial charge in [0.15, 0.2) is 0 Å². The van der Waals surface area contributed by atoms with Gasteiger partial charge in [0, 0.05) is 113 Å². The van der Waals surface area contributed by atoms with Gasteiger partial charge in [-0.25, -0.2) is 4.79 Å². The Hall–Kier alpha value is -6.04. The molecule has 0 unspecified atom stereocenters. The van der Waals surface area contributed by atoms with Crippen LogP contribution in [0.5, 0.6) is 12.0 Å². The molecule has 104 heavy (non-hydrogen) atoms. The molecular weight excluding hydrogens is 1610 g/mol. The van der Waals surface area contributed by atoms with E-state index in [-0.39, 0.29) is 51.2 Å². The summed E-state index contributed by atoms with van der Waals surface area (Å²) in [7, 11) is 5.40. The van der Waals surface area contributed by atoms with Crippen molar-refractivity contribution in [1.82, 2.24) is 53.4 Å². The number of amides is 2. The first-order valence-electron chi connectivity index (χ1n) is 35.9. The maximum atomic E-state index is 12.9. The number of ether oxygens (including phenoxy) is 5. The van der Waals surface area contributed by atoms with E-state index in [9.17, 15) is 14.4 Å². The number of rotatable bonds is 21. The Kier molecular flexibility index (Phi) is 35.1. The molecule has 6 aliphatic heterocycles. The number of anilines is 4. The number of carbonyl (C=O) groups is 3. The summed E-state index contributed by atoms with van der Waals surface area (Å²) < 4.78 is 31.2. The third kappa shape index (κ3) is 23.5. The van der Waals surface area contributed by atoms with E-state index in [0.29, 0.717) is 77.6 Å². The first-order valence-corrected chi connectivity index (χ1v) is 39.4. The molecule has 0 bridgehead atoms. The van der Waals surface area contributed by atoms with E-state index in [1.54, 1.807) is 4.90 Å². The summed E-state index contributed by atoms with van der Waals surface area (Å²) in [6.07, 6.45) is 9.75. The van der Waals surface area contributed by atoms with Gasteiger partial charge in [0.05, 0.1) is 50.6 Å². The zero-order chi connectivity index (χ0) is 73.0. The molecule has 1 radical (unpaired) electrons. The van der Waals surface area contributed by atoms with Crippen molar-refractivity contribution in [2.24, 2.45) is 0 Å². The molecule has 4 aromatic heterocycles. The van der Waals surface area contributed by atoms with Crippen molar-refractivity contribution in [3.8, 4) is 12.0 Å². The van der Waals surface area contributed by atoms with Gasteiger partial charge in [-0.05, 0) is 92.8 Å². The number of aromatic amines is 1.